The first-order valence-corrected chi connectivity index (χ1v) is 21.9. The Hall–Kier alpha value is -6.72. The largest absolute Gasteiger partial charge is 0.462 e. The average Bonchev–Trinajstić information content (AvgIpc) is 3.99. The number of aliphatic hydroxyl groups is 7. The van der Waals surface area contributed by atoms with Gasteiger partial charge in [-0.15, -0.1) is 0 Å². The van der Waals surface area contributed by atoms with Crippen LogP contribution in [0.5, 0.6) is 5.75 Å². The molecule has 27 heteroatoms. The van der Waals surface area contributed by atoms with Crippen LogP contribution in [-0.2, 0) is 39.9 Å². The summed E-state index contributed by atoms with van der Waals surface area (Å²) in [6, 6.07) is 3.15. The summed E-state index contributed by atoms with van der Waals surface area (Å²) in [5.41, 5.74) is 12.5. The standard InChI is InChI=1S/C42H58N12O15/c1-17(19-5-3-2-4-6-19)27-37(65)48-21(11-18-7-9-20(10-8-18)68-40-34(62)33(61)32(60)25(16-56)69-40)36(64)53-29(31(59)23-13-47-42(44)51-23)39(67)54-28(30(58)22-12-46-41(43)50-22)38(66)49-24(15-55)35(63)45-14-26(57)52-27/h2-10,17,21-25,27-34,40,55-56,58-62H,11-16H2,1H3,(H,45,63)(H,48,65)(H,49,66)(H,52,57)(H,53,64)(H,54,67)(H3,43,46,50)(H3,44,47,51)/t17?,21-,22?,23?,24+,25-,27+,28-,29+,30?,31?,32-,33+,34+,40+/m1/s1. The Kier molecular flexibility index (Phi) is 17.3. The number of ether oxygens (including phenoxy) is 2. The van der Waals surface area contributed by atoms with E-state index in [2.05, 4.69) is 52.5 Å². The van der Waals surface area contributed by atoms with Gasteiger partial charge in [-0.2, -0.15) is 0 Å². The van der Waals surface area contributed by atoms with E-state index in [4.69, 9.17) is 20.9 Å². The number of rotatable bonds is 12. The van der Waals surface area contributed by atoms with Gasteiger partial charge in [-0.1, -0.05) is 49.4 Å². The number of guanidine groups is 2. The lowest BCUT2D eigenvalue weighted by Gasteiger charge is -2.39. The second-order valence-corrected chi connectivity index (χ2v) is 16.8. The molecule has 0 aromatic heterocycles. The zero-order valence-corrected chi connectivity index (χ0v) is 37.0. The Morgan fingerprint density at radius 1 is 0.652 bits per heavy atom. The van der Waals surface area contributed by atoms with Crippen molar-refractivity contribution in [2.24, 2.45) is 21.5 Å². The molecule has 0 bridgehead atoms. The molecule has 27 nitrogen and oxygen atoms in total. The molecule has 6 rings (SSSR count). The van der Waals surface area contributed by atoms with Gasteiger partial charge >= 0.3 is 0 Å². The molecular weight excluding hydrogens is 913 g/mol. The van der Waals surface area contributed by atoms with Crippen LogP contribution in [0.1, 0.15) is 24.0 Å². The van der Waals surface area contributed by atoms with Crippen LogP contribution < -0.4 is 58.7 Å². The van der Waals surface area contributed by atoms with Crippen LogP contribution in [0.4, 0.5) is 0 Å². The minimum absolute atomic E-state index is 0.0615. The highest BCUT2D eigenvalue weighted by Crippen LogP contribution is 2.25. The van der Waals surface area contributed by atoms with Gasteiger partial charge in [0.25, 0.3) is 0 Å². The summed E-state index contributed by atoms with van der Waals surface area (Å²) in [4.78, 5) is 92.4. The van der Waals surface area contributed by atoms with E-state index in [0.717, 1.165) is 0 Å². The van der Waals surface area contributed by atoms with Crippen molar-refractivity contribution in [3.05, 3.63) is 65.7 Å². The summed E-state index contributed by atoms with van der Waals surface area (Å²) in [6.07, 6.45) is -12.0. The van der Waals surface area contributed by atoms with Crippen molar-refractivity contribution in [2.75, 3.05) is 32.8 Å². The molecule has 0 saturated carbocycles. The van der Waals surface area contributed by atoms with Crippen LogP contribution in [0.25, 0.3) is 0 Å². The Balaban J connectivity index is 1.36. The Bertz CT molecular complexity index is 2220. The molecule has 2 fully saturated rings. The number of amides is 6. The fourth-order valence-electron chi connectivity index (χ4n) is 7.96. The van der Waals surface area contributed by atoms with Crippen LogP contribution >= 0.6 is 0 Å². The fraction of sp³-hybridized carbons (Fsp3) is 0.524. The number of aliphatic imine (C=N–C) groups is 2. The number of nitrogens with two attached hydrogens (primary N) is 2. The summed E-state index contributed by atoms with van der Waals surface area (Å²) >= 11 is 0. The number of aliphatic hydroxyl groups excluding tert-OH is 7. The molecule has 19 N–H and O–H groups in total. The van der Waals surface area contributed by atoms with Crippen molar-refractivity contribution < 1.29 is 74.0 Å². The highest BCUT2D eigenvalue weighted by Gasteiger charge is 2.46. The predicted octanol–water partition coefficient (Wildman–Crippen LogP) is -8.95. The van der Waals surface area contributed by atoms with E-state index >= 15 is 0 Å². The van der Waals surface area contributed by atoms with Gasteiger partial charge < -0.3 is 99.2 Å². The van der Waals surface area contributed by atoms with Crippen LogP contribution in [0, 0.1) is 0 Å². The quantitative estimate of drug-likeness (QED) is 0.0939. The Morgan fingerprint density at radius 2 is 1.20 bits per heavy atom. The van der Waals surface area contributed by atoms with Gasteiger partial charge in [0.1, 0.15) is 72.6 Å². The summed E-state index contributed by atoms with van der Waals surface area (Å²) in [7, 11) is 0. The van der Waals surface area contributed by atoms with Crippen molar-refractivity contribution in [1.82, 2.24) is 42.5 Å². The predicted molar refractivity (Wildman–Crippen MR) is 238 cm³/mol. The molecule has 0 aliphatic carbocycles. The second kappa shape index (κ2) is 23.1. The lowest BCUT2D eigenvalue weighted by atomic mass is 9.92. The molecule has 376 valence electrons. The molecule has 0 spiro atoms. The van der Waals surface area contributed by atoms with Crippen molar-refractivity contribution in [3.8, 4) is 5.75 Å². The SMILES string of the molecule is CC(c1ccccc1)[C@@H]1NC(=O)CNC(=O)[C@H](CO)NC(=O)[C@@H](C(O)C2CN=C(N)N2)NC(=O)[C@H](C(O)C2CN=C(N)N2)NC(=O)[C@@H](Cc2ccc(O[C@H]3O[C@H](CO)[C@@H](O)[C@H](O)[C@@H]3O)cc2)NC1=O. The number of hydrogen-bond donors (Lipinski definition) is 17. The maximum atomic E-state index is 14.7. The molecule has 2 aromatic rings. The average molecular weight is 971 g/mol. The summed E-state index contributed by atoms with van der Waals surface area (Å²) < 4.78 is 11.1. The number of hydrogen-bond acceptors (Lipinski definition) is 21. The molecule has 4 aliphatic heterocycles. The molecule has 2 aromatic carbocycles. The van der Waals surface area contributed by atoms with Crippen molar-refractivity contribution in [1.29, 1.82) is 0 Å². The lowest BCUT2D eigenvalue weighted by Crippen LogP contribution is -2.67. The van der Waals surface area contributed by atoms with E-state index in [1.165, 1.54) is 24.3 Å². The van der Waals surface area contributed by atoms with E-state index < -0.39 is 146 Å². The third-order valence-corrected chi connectivity index (χ3v) is 12.0. The third-order valence-electron chi connectivity index (χ3n) is 12.0. The van der Waals surface area contributed by atoms with Gasteiger partial charge in [0.05, 0.1) is 44.9 Å². The normalized spacial score (nSPS) is 32.1. The number of benzene rings is 2. The highest BCUT2D eigenvalue weighted by molar-refractivity contribution is 5.98. The molecular formula is C42H58N12O15. The maximum absolute atomic E-state index is 14.7. The minimum atomic E-state index is -2.01. The zero-order chi connectivity index (χ0) is 50.1. The summed E-state index contributed by atoms with van der Waals surface area (Å²) in [6.45, 7) is -1.24. The molecule has 15 atom stereocenters. The van der Waals surface area contributed by atoms with Crippen LogP contribution in [0.3, 0.4) is 0 Å². The number of carbonyl (C=O) groups is 6. The van der Waals surface area contributed by atoms with Gasteiger partial charge in [-0.3, -0.25) is 38.8 Å². The number of nitrogens with zero attached hydrogens (tertiary/aromatic N) is 2. The van der Waals surface area contributed by atoms with Crippen molar-refractivity contribution in [2.45, 2.75) is 104 Å². The molecule has 6 amide bonds. The first kappa shape index (κ1) is 51.7. The molecule has 5 unspecified atom stereocenters. The van der Waals surface area contributed by atoms with Gasteiger partial charge in [0.15, 0.2) is 11.9 Å². The smallest absolute Gasteiger partial charge is 0.246 e. The third kappa shape index (κ3) is 12.7. The Labute approximate surface area is 393 Å². The van der Waals surface area contributed by atoms with E-state index in [1.54, 1.807) is 37.3 Å². The topological polar surface area (TPSA) is 435 Å². The van der Waals surface area contributed by atoms with Crippen molar-refractivity contribution >= 4 is 47.4 Å². The van der Waals surface area contributed by atoms with Gasteiger partial charge in [-0.05, 0) is 23.3 Å². The van der Waals surface area contributed by atoms with Crippen LogP contribution in [0.15, 0.2) is 64.6 Å². The van der Waals surface area contributed by atoms with E-state index in [1.807, 2.05) is 0 Å². The van der Waals surface area contributed by atoms with E-state index in [-0.39, 0.29) is 37.2 Å². The first-order valence-electron chi connectivity index (χ1n) is 21.9. The van der Waals surface area contributed by atoms with Gasteiger partial charge in [-0.25, -0.2) is 0 Å². The monoisotopic (exact) mass is 970 g/mol. The number of carbonyl (C=O) groups excluding carboxylic acids is 6. The molecule has 69 heavy (non-hydrogen) atoms. The zero-order valence-electron chi connectivity index (χ0n) is 37.0. The Morgan fingerprint density at radius 3 is 1.75 bits per heavy atom. The van der Waals surface area contributed by atoms with Gasteiger partial charge in [0, 0.05) is 12.3 Å². The van der Waals surface area contributed by atoms with E-state index in [9.17, 15) is 64.5 Å². The minimum Gasteiger partial charge on any atom is -0.462 e. The fourth-order valence-corrected chi connectivity index (χ4v) is 7.96. The van der Waals surface area contributed by atoms with Crippen LogP contribution in [-0.4, -0.2) is 201 Å². The van der Waals surface area contributed by atoms with Crippen LogP contribution in [0.2, 0.25) is 0 Å². The van der Waals surface area contributed by atoms with Gasteiger partial charge in [0.2, 0.25) is 41.7 Å². The second-order valence-electron chi connectivity index (χ2n) is 16.8. The highest BCUT2D eigenvalue weighted by atomic mass is 16.7. The lowest BCUT2D eigenvalue weighted by molar-refractivity contribution is -0.277. The summed E-state index contributed by atoms with van der Waals surface area (Å²) in [5, 5.41) is 93.8. The van der Waals surface area contributed by atoms with Crippen molar-refractivity contribution in [3.63, 3.8) is 0 Å². The first-order chi connectivity index (χ1) is 32.9. The molecule has 4 heterocycles. The maximum Gasteiger partial charge on any atom is 0.246 e. The summed E-state index contributed by atoms with van der Waals surface area (Å²) in [5.74, 6) is -7.39. The molecule has 4 aliphatic rings. The molecule has 2 saturated heterocycles. The number of nitrogens with one attached hydrogen (secondary N) is 8. The van der Waals surface area contributed by atoms with E-state index in [0.29, 0.717) is 11.1 Å². The molecule has 0 radical (unpaired) electrons.